The maximum absolute atomic E-state index is 10.7. The van der Waals surface area contributed by atoms with E-state index in [1.54, 1.807) is 0 Å². The van der Waals surface area contributed by atoms with Crippen molar-refractivity contribution in [1.82, 2.24) is 0 Å². The van der Waals surface area contributed by atoms with Gasteiger partial charge < -0.3 is 9.29 Å². The number of ether oxygens (including phenoxy) is 1. The second-order valence-corrected chi connectivity index (χ2v) is 4.22. The average Bonchev–Trinajstić information content (AvgIpc) is 2.36. The second kappa shape index (κ2) is 4.35. The first-order chi connectivity index (χ1) is 5.68. The molecule has 12 heavy (non-hydrogen) atoms. The summed E-state index contributed by atoms with van der Waals surface area (Å²) in [5, 5.41) is 0. The van der Waals surface area contributed by atoms with Crippen LogP contribution in [-0.4, -0.2) is 26.7 Å². The molecule has 0 aromatic heterocycles. The zero-order valence-electron chi connectivity index (χ0n) is 7.41. The molecule has 1 fully saturated rings. The molecule has 0 bridgehead atoms. The summed E-state index contributed by atoms with van der Waals surface area (Å²) in [4.78, 5) is 0. The predicted octanol–water partition coefficient (Wildman–Crippen LogP) is 1.56. The standard InChI is InChI=1S/C8H16O3S/c1-2-11-8(7-12(9)10)5-3-4-6-8/h2-7H2,1H3,(H,9,10). The summed E-state index contributed by atoms with van der Waals surface area (Å²) in [6.07, 6.45) is 4.12. The zero-order valence-corrected chi connectivity index (χ0v) is 8.23. The summed E-state index contributed by atoms with van der Waals surface area (Å²) in [6, 6.07) is 0. The van der Waals surface area contributed by atoms with E-state index in [2.05, 4.69) is 0 Å². The van der Waals surface area contributed by atoms with Crippen LogP contribution in [0.4, 0.5) is 0 Å². The summed E-state index contributed by atoms with van der Waals surface area (Å²) in [5.74, 6) is 0.279. The van der Waals surface area contributed by atoms with Crippen LogP contribution in [0, 0.1) is 0 Å². The molecule has 1 unspecified atom stereocenters. The molecule has 1 rings (SSSR count). The molecule has 0 heterocycles. The van der Waals surface area contributed by atoms with E-state index >= 15 is 0 Å². The second-order valence-electron chi connectivity index (χ2n) is 3.29. The van der Waals surface area contributed by atoms with Gasteiger partial charge in [0, 0.05) is 6.61 Å². The molecule has 4 heteroatoms. The number of rotatable bonds is 4. The van der Waals surface area contributed by atoms with E-state index in [4.69, 9.17) is 9.29 Å². The highest BCUT2D eigenvalue weighted by Gasteiger charge is 2.35. The minimum atomic E-state index is -1.72. The summed E-state index contributed by atoms with van der Waals surface area (Å²) in [6.45, 7) is 2.57. The van der Waals surface area contributed by atoms with Crippen molar-refractivity contribution in [2.24, 2.45) is 0 Å². The molecule has 1 aliphatic carbocycles. The minimum Gasteiger partial charge on any atom is -0.374 e. The van der Waals surface area contributed by atoms with Crippen molar-refractivity contribution in [2.75, 3.05) is 12.4 Å². The first-order valence-electron chi connectivity index (χ1n) is 4.40. The zero-order chi connectivity index (χ0) is 9.03. The third-order valence-corrected chi connectivity index (χ3v) is 3.12. The molecule has 0 aliphatic heterocycles. The van der Waals surface area contributed by atoms with Crippen LogP contribution in [0.2, 0.25) is 0 Å². The van der Waals surface area contributed by atoms with Crippen molar-refractivity contribution < 1.29 is 13.5 Å². The summed E-state index contributed by atoms with van der Waals surface area (Å²) in [5.41, 5.74) is -0.283. The highest BCUT2D eigenvalue weighted by atomic mass is 32.2. The fraction of sp³-hybridized carbons (Fsp3) is 1.00. The Hall–Kier alpha value is 0.0700. The first kappa shape index (κ1) is 10.2. The van der Waals surface area contributed by atoms with E-state index in [1.165, 1.54) is 0 Å². The molecule has 0 amide bonds. The fourth-order valence-electron chi connectivity index (χ4n) is 1.88. The highest BCUT2D eigenvalue weighted by molar-refractivity contribution is 7.79. The van der Waals surface area contributed by atoms with Crippen LogP contribution >= 0.6 is 0 Å². The van der Waals surface area contributed by atoms with Gasteiger partial charge in [0.1, 0.15) is 0 Å². The summed E-state index contributed by atoms with van der Waals surface area (Å²) >= 11 is -1.72. The lowest BCUT2D eigenvalue weighted by atomic mass is 10.1. The maximum Gasteiger partial charge on any atom is 0.155 e. The van der Waals surface area contributed by atoms with Crippen molar-refractivity contribution in [3.63, 3.8) is 0 Å². The normalized spacial score (nSPS) is 24.2. The van der Waals surface area contributed by atoms with Crippen LogP contribution in [-0.2, 0) is 15.8 Å². The Morgan fingerprint density at radius 2 is 2.08 bits per heavy atom. The van der Waals surface area contributed by atoms with Crippen molar-refractivity contribution in [1.29, 1.82) is 0 Å². The van der Waals surface area contributed by atoms with Crippen LogP contribution in [0.3, 0.4) is 0 Å². The van der Waals surface area contributed by atoms with Crippen LogP contribution in [0.25, 0.3) is 0 Å². The predicted molar refractivity (Wildman–Crippen MR) is 48.5 cm³/mol. The van der Waals surface area contributed by atoms with Crippen molar-refractivity contribution >= 4 is 11.1 Å². The Morgan fingerprint density at radius 1 is 1.50 bits per heavy atom. The Balaban J connectivity index is 2.52. The molecule has 0 aromatic rings. The third-order valence-electron chi connectivity index (χ3n) is 2.35. The number of hydrogen-bond acceptors (Lipinski definition) is 2. The van der Waals surface area contributed by atoms with Gasteiger partial charge in [-0.3, -0.25) is 0 Å². The molecular weight excluding hydrogens is 176 g/mol. The van der Waals surface area contributed by atoms with Crippen LogP contribution in [0.5, 0.6) is 0 Å². The maximum atomic E-state index is 10.7. The van der Waals surface area contributed by atoms with E-state index in [9.17, 15) is 4.21 Å². The van der Waals surface area contributed by atoms with Gasteiger partial charge in [0.2, 0.25) is 0 Å². The molecule has 1 N–H and O–H groups in total. The summed E-state index contributed by atoms with van der Waals surface area (Å²) < 4.78 is 25.0. The van der Waals surface area contributed by atoms with Gasteiger partial charge in [-0.15, -0.1) is 0 Å². The minimum absolute atomic E-state index is 0.279. The monoisotopic (exact) mass is 192 g/mol. The van der Waals surface area contributed by atoms with E-state index in [0.717, 1.165) is 25.7 Å². The smallest absolute Gasteiger partial charge is 0.155 e. The molecule has 0 aromatic carbocycles. The van der Waals surface area contributed by atoms with Crippen molar-refractivity contribution in [3.8, 4) is 0 Å². The lowest BCUT2D eigenvalue weighted by molar-refractivity contribution is -0.0162. The molecule has 3 nitrogen and oxygen atoms in total. The van der Waals surface area contributed by atoms with Gasteiger partial charge in [0.05, 0.1) is 11.4 Å². The molecule has 0 saturated heterocycles. The lowest BCUT2D eigenvalue weighted by Crippen LogP contribution is -2.35. The van der Waals surface area contributed by atoms with E-state index < -0.39 is 11.1 Å². The average molecular weight is 192 g/mol. The van der Waals surface area contributed by atoms with Gasteiger partial charge in [0.15, 0.2) is 11.1 Å². The van der Waals surface area contributed by atoms with Crippen molar-refractivity contribution in [2.45, 2.75) is 38.2 Å². The fourth-order valence-corrected chi connectivity index (χ4v) is 2.70. The first-order valence-corrected chi connectivity index (χ1v) is 5.67. The SMILES string of the molecule is CCOC1(CS(=O)O)CCCC1. The Bertz CT molecular complexity index is 164. The van der Waals surface area contributed by atoms with Crippen LogP contribution in [0.1, 0.15) is 32.6 Å². The largest absolute Gasteiger partial charge is 0.374 e. The summed E-state index contributed by atoms with van der Waals surface area (Å²) in [7, 11) is 0. The van der Waals surface area contributed by atoms with Gasteiger partial charge in [0.25, 0.3) is 0 Å². The van der Waals surface area contributed by atoms with Gasteiger partial charge in [-0.25, -0.2) is 4.21 Å². The topological polar surface area (TPSA) is 46.5 Å². The molecule has 0 spiro atoms. The third kappa shape index (κ3) is 2.54. The molecule has 1 saturated carbocycles. The van der Waals surface area contributed by atoms with E-state index in [0.29, 0.717) is 6.61 Å². The van der Waals surface area contributed by atoms with Crippen LogP contribution in [0.15, 0.2) is 0 Å². The quantitative estimate of drug-likeness (QED) is 0.687. The highest BCUT2D eigenvalue weighted by Crippen LogP contribution is 2.33. The molecule has 1 aliphatic rings. The number of hydrogen-bond donors (Lipinski definition) is 1. The molecule has 1 atom stereocenters. The van der Waals surface area contributed by atoms with Crippen LogP contribution < -0.4 is 0 Å². The van der Waals surface area contributed by atoms with Gasteiger partial charge >= 0.3 is 0 Å². The van der Waals surface area contributed by atoms with Crippen molar-refractivity contribution in [3.05, 3.63) is 0 Å². The Kier molecular flexibility index (Phi) is 3.68. The van der Waals surface area contributed by atoms with Gasteiger partial charge in [-0.1, -0.05) is 12.8 Å². The van der Waals surface area contributed by atoms with Gasteiger partial charge in [-0.2, -0.15) is 0 Å². The molecular formula is C8H16O3S. The Morgan fingerprint density at radius 3 is 2.50 bits per heavy atom. The van der Waals surface area contributed by atoms with E-state index in [1.807, 2.05) is 6.92 Å². The lowest BCUT2D eigenvalue weighted by Gasteiger charge is -2.26. The van der Waals surface area contributed by atoms with E-state index in [-0.39, 0.29) is 11.4 Å². The molecule has 0 radical (unpaired) electrons. The molecule has 72 valence electrons. The Labute approximate surface area is 75.8 Å². The van der Waals surface area contributed by atoms with Gasteiger partial charge in [-0.05, 0) is 19.8 Å².